The summed E-state index contributed by atoms with van der Waals surface area (Å²) in [6.07, 6.45) is 12.3. The van der Waals surface area contributed by atoms with Gasteiger partial charge in [0.2, 0.25) is 0 Å². The Morgan fingerprint density at radius 1 is 0.750 bits per heavy atom. The van der Waals surface area contributed by atoms with Crippen molar-refractivity contribution in [1.29, 1.82) is 0 Å². The SMILES string of the molecule is [Ag+].[Ag+].[C-]#CC#CC#[C-]. The number of hydrogen-bond acceptors (Lipinski definition) is 0. The molecule has 0 spiro atoms. The Morgan fingerprint density at radius 3 is 1.12 bits per heavy atom. The van der Waals surface area contributed by atoms with Crippen LogP contribution in [0.5, 0.6) is 0 Å². The molecule has 0 aromatic heterocycles. The van der Waals surface area contributed by atoms with Gasteiger partial charge < -0.3 is 24.7 Å². The molecule has 0 aliphatic carbocycles. The van der Waals surface area contributed by atoms with Gasteiger partial charge in [0.25, 0.3) is 0 Å². The van der Waals surface area contributed by atoms with Gasteiger partial charge in [0.15, 0.2) is 0 Å². The van der Waals surface area contributed by atoms with E-state index in [2.05, 4.69) is 11.8 Å². The van der Waals surface area contributed by atoms with Crippen LogP contribution in [-0.2, 0) is 44.8 Å². The van der Waals surface area contributed by atoms with E-state index in [4.69, 9.17) is 12.8 Å². The molecular formula is C6Ag2. The van der Waals surface area contributed by atoms with Crippen molar-refractivity contribution in [3.63, 3.8) is 0 Å². The monoisotopic (exact) mass is 286 g/mol. The Kier molecular flexibility index (Phi) is 30.8. The molecule has 0 aliphatic rings. The quantitative estimate of drug-likeness (QED) is 0.338. The van der Waals surface area contributed by atoms with E-state index in [0.717, 1.165) is 0 Å². The van der Waals surface area contributed by atoms with Crippen molar-refractivity contribution in [2.45, 2.75) is 0 Å². The summed E-state index contributed by atoms with van der Waals surface area (Å²) in [7, 11) is 0. The van der Waals surface area contributed by atoms with E-state index in [0.29, 0.717) is 0 Å². The van der Waals surface area contributed by atoms with Crippen LogP contribution in [-0.4, -0.2) is 0 Å². The standard InChI is InChI=1S/C6.2Ag/c1-3-5-6-4-2;;/q-2;2*+1. The maximum atomic E-state index is 6.16. The minimum absolute atomic E-state index is 0. The molecule has 0 bridgehead atoms. The molecule has 0 aromatic carbocycles. The van der Waals surface area contributed by atoms with Gasteiger partial charge in [0.05, 0.1) is 0 Å². The van der Waals surface area contributed by atoms with Crippen molar-refractivity contribution >= 4 is 0 Å². The summed E-state index contributed by atoms with van der Waals surface area (Å²) in [5.41, 5.74) is 0. The molecule has 0 unspecified atom stereocenters. The zero-order chi connectivity index (χ0) is 4.83. The minimum Gasteiger partial charge on any atom is -0.360 e. The van der Waals surface area contributed by atoms with Crippen LogP contribution >= 0.6 is 0 Å². The van der Waals surface area contributed by atoms with E-state index in [9.17, 15) is 0 Å². The van der Waals surface area contributed by atoms with Crippen LogP contribution in [0, 0.1) is 36.5 Å². The summed E-state index contributed by atoms with van der Waals surface area (Å²) in [6.45, 7) is 0. The van der Waals surface area contributed by atoms with Gasteiger partial charge in [-0.2, -0.15) is 0 Å². The molecule has 0 aliphatic heterocycles. The third kappa shape index (κ3) is 16.4. The molecule has 0 saturated heterocycles. The molecule has 0 saturated carbocycles. The molecule has 0 amide bonds. The summed E-state index contributed by atoms with van der Waals surface area (Å²) in [4.78, 5) is 0. The second-order valence-electron chi connectivity index (χ2n) is 0.500. The van der Waals surface area contributed by atoms with Crippen molar-refractivity contribution < 1.29 is 44.8 Å². The topological polar surface area (TPSA) is 0 Å². The number of hydrogen-bond donors (Lipinski definition) is 0. The Morgan fingerprint density at radius 2 is 1.00 bits per heavy atom. The van der Waals surface area contributed by atoms with E-state index in [1.165, 1.54) is 0 Å². The van der Waals surface area contributed by atoms with Crippen LogP contribution in [0.1, 0.15) is 0 Å². The first-order valence-electron chi connectivity index (χ1n) is 1.25. The van der Waals surface area contributed by atoms with Crippen molar-refractivity contribution in [3.8, 4) is 23.7 Å². The molecule has 2 heteroatoms. The van der Waals surface area contributed by atoms with Gasteiger partial charge in [-0.3, -0.25) is 11.8 Å². The van der Waals surface area contributed by atoms with Gasteiger partial charge in [-0.05, 0) is 0 Å². The third-order valence-electron chi connectivity index (χ3n) is 0.188. The van der Waals surface area contributed by atoms with Crippen LogP contribution in [0.3, 0.4) is 0 Å². The van der Waals surface area contributed by atoms with Crippen LogP contribution in [0.25, 0.3) is 0 Å². The largest absolute Gasteiger partial charge is 1.00 e. The van der Waals surface area contributed by atoms with Crippen LogP contribution < -0.4 is 0 Å². The second-order valence-corrected chi connectivity index (χ2v) is 0.500. The minimum atomic E-state index is 0. The zero-order valence-electron chi connectivity index (χ0n) is 3.60. The molecule has 0 N–H and O–H groups in total. The van der Waals surface area contributed by atoms with Crippen molar-refractivity contribution in [3.05, 3.63) is 12.8 Å². The van der Waals surface area contributed by atoms with Gasteiger partial charge in [0, 0.05) is 0 Å². The van der Waals surface area contributed by atoms with Crippen LogP contribution in [0.4, 0.5) is 0 Å². The molecule has 0 atom stereocenters. The summed E-state index contributed by atoms with van der Waals surface area (Å²) in [6, 6.07) is 0. The van der Waals surface area contributed by atoms with Crippen LogP contribution in [0.15, 0.2) is 0 Å². The molecule has 0 fully saturated rings. The summed E-state index contributed by atoms with van der Waals surface area (Å²) in [5.74, 6) is 7.68. The molecule has 46 valence electrons. The summed E-state index contributed by atoms with van der Waals surface area (Å²) < 4.78 is 0. The molecular weight excluding hydrogens is 288 g/mol. The van der Waals surface area contributed by atoms with E-state index in [1.807, 2.05) is 0 Å². The van der Waals surface area contributed by atoms with E-state index in [-0.39, 0.29) is 44.8 Å². The smallest absolute Gasteiger partial charge is 0.360 e. The molecule has 0 radical (unpaired) electrons. The molecule has 0 nitrogen and oxygen atoms in total. The Bertz CT molecular complexity index is 140. The van der Waals surface area contributed by atoms with Gasteiger partial charge in [0.1, 0.15) is 0 Å². The fourth-order valence-corrected chi connectivity index (χ4v) is 0.0625. The van der Waals surface area contributed by atoms with E-state index in [1.54, 1.807) is 11.8 Å². The van der Waals surface area contributed by atoms with E-state index < -0.39 is 0 Å². The van der Waals surface area contributed by atoms with Gasteiger partial charge >= 0.3 is 44.8 Å². The Hall–Kier alpha value is 0.161. The zero-order valence-corrected chi connectivity index (χ0v) is 6.57. The predicted octanol–water partition coefficient (Wildman–Crippen LogP) is 0.164. The normalized spacial score (nSPS) is 2.25. The van der Waals surface area contributed by atoms with Gasteiger partial charge in [-0.1, -0.05) is 0 Å². The first kappa shape index (κ1) is 15.7. The number of rotatable bonds is 0. The Labute approximate surface area is 80.8 Å². The van der Waals surface area contributed by atoms with Crippen LogP contribution in [0.2, 0.25) is 0 Å². The fourth-order valence-electron chi connectivity index (χ4n) is 0.0625. The molecule has 0 heterocycles. The molecule has 8 heavy (non-hydrogen) atoms. The first-order valence-corrected chi connectivity index (χ1v) is 1.25. The maximum absolute atomic E-state index is 6.16. The predicted molar refractivity (Wildman–Crippen MR) is 22.0 cm³/mol. The average Bonchev–Trinajstić information content (AvgIpc) is 1.61. The van der Waals surface area contributed by atoms with Crippen molar-refractivity contribution in [1.82, 2.24) is 0 Å². The fraction of sp³-hybridized carbons (Fsp3) is 0. The average molecular weight is 288 g/mol. The van der Waals surface area contributed by atoms with Gasteiger partial charge in [-0.25, -0.2) is 0 Å². The molecule has 0 rings (SSSR count). The third-order valence-corrected chi connectivity index (χ3v) is 0.188. The Balaban J connectivity index is -0.000000125. The second kappa shape index (κ2) is 15.7. The van der Waals surface area contributed by atoms with Gasteiger partial charge in [-0.15, -0.1) is 0 Å². The summed E-state index contributed by atoms with van der Waals surface area (Å²) in [5, 5.41) is 0. The maximum Gasteiger partial charge on any atom is 1.00 e. The summed E-state index contributed by atoms with van der Waals surface area (Å²) >= 11 is 0. The first-order chi connectivity index (χ1) is 2.91. The molecule has 0 aromatic rings. The van der Waals surface area contributed by atoms with Crippen molar-refractivity contribution in [2.24, 2.45) is 0 Å². The van der Waals surface area contributed by atoms with E-state index >= 15 is 0 Å². The van der Waals surface area contributed by atoms with Crippen molar-refractivity contribution in [2.75, 3.05) is 0 Å².